The molecule has 1 aromatic rings. The first-order chi connectivity index (χ1) is 8.15. The second-order valence-electron chi connectivity index (χ2n) is 4.15. The molecule has 0 radical (unpaired) electrons. The van der Waals surface area contributed by atoms with E-state index >= 15 is 0 Å². The lowest BCUT2D eigenvalue weighted by atomic mass is 10.0. The Morgan fingerprint density at radius 1 is 1.24 bits per heavy atom. The second kappa shape index (κ2) is 4.57. The van der Waals surface area contributed by atoms with E-state index in [9.17, 15) is 9.59 Å². The molecule has 0 spiro atoms. The van der Waals surface area contributed by atoms with Crippen molar-refractivity contribution in [2.24, 2.45) is 0 Å². The minimum Gasteiger partial charge on any atom is -0.339 e. The number of benzene rings is 1. The van der Waals surface area contributed by atoms with Gasteiger partial charge in [-0.25, -0.2) is 0 Å². The molecule has 0 bridgehead atoms. The van der Waals surface area contributed by atoms with Crippen molar-refractivity contribution in [3.05, 3.63) is 35.9 Å². The number of carbonyl (C=O) groups excluding carboxylic acids is 2. The zero-order valence-electron chi connectivity index (χ0n) is 10.0. The number of rotatable bonds is 2. The minimum atomic E-state index is -0.542. The van der Waals surface area contributed by atoms with Crippen LogP contribution in [0.1, 0.15) is 25.5 Å². The Kier molecular flexibility index (Phi) is 3.13. The Bertz CT molecular complexity index is 430. The summed E-state index contributed by atoms with van der Waals surface area (Å²) in [7, 11) is 0. The lowest BCUT2D eigenvalue weighted by Gasteiger charge is -2.36. The van der Waals surface area contributed by atoms with Gasteiger partial charge in [-0.3, -0.25) is 9.59 Å². The zero-order chi connectivity index (χ0) is 12.4. The largest absolute Gasteiger partial charge is 0.339 e. The molecule has 2 amide bonds. The summed E-state index contributed by atoms with van der Waals surface area (Å²) in [4.78, 5) is 25.6. The highest BCUT2D eigenvalue weighted by atomic mass is 16.2. The summed E-state index contributed by atoms with van der Waals surface area (Å²) in [6.45, 7) is 4.18. The summed E-state index contributed by atoms with van der Waals surface area (Å²) < 4.78 is 0. The van der Waals surface area contributed by atoms with Crippen molar-refractivity contribution in [2.45, 2.75) is 25.9 Å². The molecule has 4 heteroatoms. The summed E-state index contributed by atoms with van der Waals surface area (Å²) in [6.07, 6.45) is 0. The molecule has 0 aromatic heterocycles. The van der Waals surface area contributed by atoms with E-state index in [1.165, 1.54) is 0 Å². The molecule has 1 N–H and O–H groups in total. The van der Waals surface area contributed by atoms with Crippen LogP contribution in [0, 0.1) is 0 Å². The maximum Gasteiger partial charge on any atom is 0.250 e. The van der Waals surface area contributed by atoms with E-state index in [1.807, 2.05) is 37.3 Å². The van der Waals surface area contributed by atoms with E-state index in [2.05, 4.69) is 5.32 Å². The Hall–Kier alpha value is -1.84. The van der Waals surface area contributed by atoms with Crippen LogP contribution in [0.3, 0.4) is 0 Å². The maximum absolute atomic E-state index is 12.2. The van der Waals surface area contributed by atoms with Gasteiger partial charge in [0, 0.05) is 6.54 Å². The average molecular weight is 232 g/mol. The number of hydrogen-bond acceptors (Lipinski definition) is 2. The molecule has 2 unspecified atom stereocenters. The van der Waals surface area contributed by atoms with Gasteiger partial charge in [-0.15, -0.1) is 0 Å². The van der Waals surface area contributed by atoms with Gasteiger partial charge in [0.2, 0.25) is 11.8 Å². The Balaban J connectivity index is 2.30. The molecular weight excluding hydrogens is 216 g/mol. The van der Waals surface area contributed by atoms with Gasteiger partial charge in [-0.1, -0.05) is 30.3 Å². The maximum atomic E-state index is 12.2. The van der Waals surface area contributed by atoms with Crippen LogP contribution in [-0.2, 0) is 9.59 Å². The van der Waals surface area contributed by atoms with E-state index in [0.717, 1.165) is 5.56 Å². The van der Waals surface area contributed by atoms with Crippen LogP contribution in [0.5, 0.6) is 0 Å². The molecule has 1 aromatic carbocycles. The summed E-state index contributed by atoms with van der Waals surface area (Å²) in [5, 5.41) is 2.77. The van der Waals surface area contributed by atoms with E-state index in [4.69, 9.17) is 0 Å². The number of carbonyl (C=O) groups is 2. The third kappa shape index (κ3) is 2.02. The molecule has 1 heterocycles. The van der Waals surface area contributed by atoms with E-state index in [-0.39, 0.29) is 17.9 Å². The summed E-state index contributed by atoms with van der Waals surface area (Å²) in [5.41, 5.74) is 0.830. The Labute approximate surface area is 101 Å². The topological polar surface area (TPSA) is 49.4 Å². The van der Waals surface area contributed by atoms with Gasteiger partial charge in [0.05, 0.1) is 0 Å². The normalized spacial score (nSPS) is 24.7. The fraction of sp³-hybridized carbons (Fsp3) is 0.385. The molecule has 2 atom stereocenters. The first-order valence-corrected chi connectivity index (χ1v) is 5.81. The molecule has 90 valence electrons. The molecular formula is C13H16N2O2. The van der Waals surface area contributed by atoms with Crippen molar-refractivity contribution >= 4 is 11.8 Å². The molecule has 1 aliphatic rings. The molecule has 1 fully saturated rings. The minimum absolute atomic E-state index is 0.0363. The van der Waals surface area contributed by atoms with E-state index in [1.54, 1.807) is 11.8 Å². The molecule has 17 heavy (non-hydrogen) atoms. The molecule has 2 rings (SSSR count). The van der Waals surface area contributed by atoms with Gasteiger partial charge < -0.3 is 10.2 Å². The predicted molar refractivity (Wildman–Crippen MR) is 64.2 cm³/mol. The quantitative estimate of drug-likeness (QED) is 0.830. The van der Waals surface area contributed by atoms with Crippen LogP contribution in [0.25, 0.3) is 0 Å². The Morgan fingerprint density at radius 2 is 1.88 bits per heavy atom. The number of nitrogens with one attached hydrogen (secondary N) is 1. The third-order valence-electron chi connectivity index (χ3n) is 3.14. The van der Waals surface area contributed by atoms with Crippen molar-refractivity contribution in [1.82, 2.24) is 10.2 Å². The number of piperazine rings is 1. The van der Waals surface area contributed by atoms with Crippen molar-refractivity contribution in [3.63, 3.8) is 0 Å². The predicted octanol–water partition coefficient (Wildman–Crippen LogP) is 1.09. The number of amides is 2. The second-order valence-corrected chi connectivity index (χ2v) is 4.15. The van der Waals surface area contributed by atoms with Gasteiger partial charge in [-0.05, 0) is 19.4 Å². The zero-order valence-corrected chi connectivity index (χ0v) is 10.0. The van der Waals surface area contributed by atoms with Crippen LogP contribution in [0.15, 0.2) is 30.3 Å². The monoisotopic (exact) mass is 232 g/mol. The SMILES string of the molecule is CCN1C(=O)C(c2ccccc2)NC(=O)C1C. The average Bonchev–Trinajstić information content (AvgIpc) is 2.36. The fourth-order valence-corrected chi connectivity index (χ4v) is 2.12. The van der Waals surface area contributed by atoms with Crippen LogP contribution in [-0.4, -0.2) is 29.3 Å². The van der Waals surface area contributed by atoms with Crippen molar-refractivity contribution in [1.29, 1.82) is 0 Å². The summed E-state index contributed by atoms with van der Waals surface area (Å²) in [6, 6.07) is 8.40. The number of hydrogen-bond donors (Lipinski definition) is 1. The van der Waals surface area contributed by atoms with Crippen molar-refractivity contribution in [2.75, 3.05) is 6.54 Å². The lowest BCUT2D eigenvalue weighted by Crippen LogP contribution is -2.58. The van der Waals surface area contributed by atoms with Crippen LogP contribution in [0.4, 0.5) is 0 Å². The van der Waals surface area contributed by atoms with Crippen molar-refractivity contribution < 1.29 is 9.59 Å². The van der Waals surface area contributed by atoms with Gasteiger partial charge >= 0.3 is 0 Å². The standard InChI is InChI=1S/C13H16N2O2/c1-3-15-9(2)12(16)14-11(13(15)17)10-7-5-4-6-8-10/h4-9,11H,3H2,1-2H3,(H,14,16). The highest BCUT2D eigenvalue weighted by molar-refractivity contribution is 5.97. The highest BCUT2D eigenvalue weighted by Gasteiger charge is 2.37. The highest BCUT2D eigenvalue weighted by Crippen LogP contribution is 2.21. The van der Waals surface area contributed by atoms with Crippen LogP contribution < -0.4 is 5.32 Å². The number of nitrogens with zero attached hydrogens (tertiary/aromatic N) is 1. The van der Waals surface area contributed by atoms with Crippen molar-refractivity contribution in [3.8, 4) is 0 Å². The lowest BCUT2D eigenvalue weighted by molar-refractivity contribution is -0.148. The van der Waals surface area contributed by atoms with Crippen LogP contribution in [0.2, 0.25) is 0 Å². The number of likely N-dealkylation sites (N-methyl/N-ethyl adjacent to an activating group) is 1. The Morgan fingerprint density at radius 3 is 2.47 bits per heavy atom. The first-order valence-electron chi connectivity index (χ1n) is 5.81. The summed E-state index contributed by atoms with van der Waals surface area (Å²) in [5.74, 6) is -0.133. The molecule has 1 aliphatic heterocycles. The van der Waals surface area contributed by atoms with Crippen LogP contribution >= 0.6 is 0 Å². The first kappa shape index (κ1) is 11.6. The van der Waals surface area contributed by atoms with Gasteiger partial charge in [0.1, 0.15) is 12.1 Å². The van der Waals surface area contributed by atoms with E-state index in [0.29, 0.717) is 6.54 Å². The smallest absolute Gasteiger partial charge is 0.250 e. The van der Waals surface area contributed by atoms with E-state index < -0.39 is 6.04 Å². The fourth-order valence-electron chi connectivity index (χ4n) is 2.12. The van der Waals surface area contributed by atoms with Gasteiger partial charge in [-0.2, -0.15) is 0 Å². The van der Waals surface area contributed by atoms with Gasteiger partial charge in [0.15, 0.2) is 0 Å². The molecule has 4 nitrogen and oxygen atoms in total. The molecule has 0 aliphatic carbocycles. The molecule has 0 saturated carbocycles. The molecule has 1 saturated heterocycles. The third-order valence-corrected chi connectivity index (χ3v) is 3.14. The summed E-state index contributed by atoms with van der Waals surface area (Å²) >= 11 is 0. The van der Waals surface area contributed by atoms with Gasteiger partial charge in [0.25, 0.3) is 0 Å².